The molecule has 1 saturated heterocycles. The standard InChI is InChI=1S/C21H23N3O/c1-16-5-2-3-6-17(16)15-23-11-13-24(14-12-23)21(25)19-7-4-8-20-18(19)9-10-22-20/h2-10,22H,11-15H2,1H3. The second-order valence-electron chi connectivity index (χ2n) is 6.74. The highest BCUT2D eigenvalue weighted by Crippen LogP contribution is 2.20. The summed E-state index contributed by atoms with van der Waals surface area (Å²) in [5.41, 5.74) is 4.52. The van der Waals surface area contributed by atoms with Crippen molar-refractivity contribution in [3.8, 4) is 0 Å². The van der Waals surface area contributed by atoms with Crippen LogP contribution in [0.15, 0.2) is 54.7 Å². The van der Waals surface area contributed by atoms with Gasteiger partial charge in [0.25, 0.3) is 5.91 Å². The van der Waals surface area contributed by atoms with Gasteiger partial charge in [-0.3, -0.25) is 9.69 Å². The lowest BCUT2D eigenvalue weighted by atomic mass is 10.1. The van der Waals surface area contributed by atoms with Gasteiger partial charge in [0.2, 0.25) is 0 Å². The minimum atomic E-state index is 0.140. The normalized spacial score (nSPS) is 15.6. The second kappa shape index (κ2) is 6.73. The van der Waals surface area contributed by atoms with Crippen molar-refractivity contribution < 1.29 is 4.79 Å². The Balaban J connectivity index is 1.42. The van der Waals surface area contributed by atoms with Crippen LogP contribution in [0.5, 0.6) is 0 Å². The maximum absolute atomic E-state index is 12.9. The highest BCUT2D eigenvalue weighted by Gasteiger charge is 2.23. The number of benzene rings is 2. The fraction of sp³-hybridized carbons (Fsp3) is 0.286. The molecule has 0 atom stereocenters. The Morgan fingerprint density at radius 2 is 1.80 bits per heavy atom. The summed E-state index contributed by atoms with van der Waals surface area (Å²) in [5, 5.41) is 1.01. The van der Waals surface area contributed by atoms with Crippen molar-refractivity contribution in [2.24, 2.45) is 0 Å². The molecule has 0 radical (unpaired) electrons. The zero-order valence-corrected chi connectivity index (χ0v) is 14.5. The van der Waals surface area contributed by atoms with Gasteiger partial charge in [-0.1, -0.05) is 30.3 Å². The van der Waals surface area contributed by atoms with Gasteiger partial charge >= 0.3 is 0 Å². The number of aromatic nitrogens is 1. The molecule has 1 aliphatic heterocycles. The molecule has 4 nitrogen and oxygen atoms in total. The summed E-state index contributed by atoms with van der Waals surface area (Å²) in [6.45, 7) is 6.53. The number of aromatic amines is 1. The molecule has 2 aromatic carbocycles. The highest BCUT2D eigenvalue weighted by atomic mass is 16.2. The molecule has 3 aromatic rings. The lowest BCUT2D eigenvalue weighted by Crippen LogP contribution is -2.48. The van der Waals surface area contributed by atoms with Gasteiger partial charge < -0.3 is 9.88 Å². The zero-order chi connectivity index (χ0) is 17.2. The second-order valence-corrected chi connectivity index (χ2v) is 6.74. The van der Waals surface area contributed by atoms with Crippen LogP contribution in [0.2, 0.25) is 0 Å². The molecule has 25 heavy (non-hydrogen) atoms. The number of H-pyrrole nitrogens is 1. The number of hydrogen-bond donors (Lipinski definition) is 1. The molecule has 4 heteroatoms. The van der Waals surface area contributed by atoms with Gasteiger partial charge in [-0.05, 0) is 36.2 Å². The number of nitrogens with zero attached hydrogens (tertiary/aromatic N) is 2. The number of rotatable bonds is 3. The molecule has 0 spiro atoms. The lowest BCUT2D eigenvalue weighted by molar-refractivity contribution is 0.0630. The van der Waals surface area contributed by atoms with Crippen LogP contribution in [0.25, 0.3) is 10.9 Å². The van der Waals surface area contributed by atoms with Crippen LogP contribution < -0.4 is 0 Å². The van der Waals surface area contributed by atoms with E-state index in [2.05, 4.69) is 41.1 Å². The summed E-state index contributed by atoms with van der Waals surface area (Å²) >= 11 is 0. The number of carbonyl (C=O) groups excluding carboxylic acids is 1. The van der Waals surface area contributed by atoms with Crippen LogP contribution in [0, 0.1) is 6.92 Å². The quantitative estimate of drug-likeness (QED) is 0.797. The van der Waals surface area contributed by atoms with Crippen molar-refractivity contribution in [1.29, 1.82) is 0 Å². The number of carbonyl (C=O) groups is 1. The minimum Gasteiger partial charge on any atom is -0.361 e. The first-order chi connectivity index (χ1) is 12.2. The molecule has 1 aliphatic rings. The van der Waals surface area contributed by atoms with Crippen LogP contribution in [0.4, 0.5) is 0 Å². The van der Waals surface area contributed by atoms with Crippen LogP contribution in [-0.2, 0) is 6.54 Å². The van der Waals surface area contributed by atoms with Gasteiger partial charge in [0, 0.05) is 55.4 Å². The van der Waals surface area contributed by atoms with Crippen LogP contribution in [0.1, 0.15) is 21.5 Å². The number of piperazine rings is 1. The number of amides is 1. The van der Waals surface area contributed by atoms with Crippen LogP contribution >= 0.6 is 0 Å². The van der Waals surface area contributed by atoms with Crippen molar-refractivity contribution in [3.05, 3.63) is 71.4 Å². The van der Waals surface area contributed by atoms with E-state index in [1.54, 1.807) is 0 Å². The molecule has 1 fully saturated rings. The number of fused-ring (bicyclic) bond motifs is 1. The molecule has 0 bridgehead atoms. The van der Waals surface area contributed by atoms with E-state index in [0.717, 1.165) is 49.2 Å². The zero-order valence-electron chi connectivity index (χ0n) is 14.5. The smallest absolute Gasteiger partial charge is 0.254 e. The summed E-state index contributed by atoms with van der Waals surface area (Å²) in [4.78, 5) is 20.5. The van der Waals surface area contributed by atoms with Gasteiger partial charge in [-0.15, -0.1) is 0 Å². The Kier molecular flexibility index (Phi) is 4.28. The molecule has 4 rings (SSSR count). The summed E-state index contributed by atoms with van der Waals surface area (Å²) in [7, 11) is 0. The van der Waals surface area contributed by atoms with Gasteiger partial charge in [0.15, 0.2) is 0 Å². The molecule has 1 N–H and O–H groups in total. The molecule has 2 heterocycles. The predicted octanol–water partition coefficient (Wildman–Crippen LogP) is 3.43. The molecule has 128 valence electrons. The van der Waals surface area contributed by atoms with E-state index in [1.165, 1.54) is 11.1 Å². The van der Waals surface area contributed by atoms with E-state index in [-0.39, 0.29) is 5.91 Å². The summed E-state index contributed by atoms with van der Waals surface area (Å²) in [6.07, 6.45) is 1.89. The van der Waals surface area contributed by atoms with Crippen LogP contribution in [-0.4, -0.2) is 46.9 Å². The van der Waals surface area contributed by atoms with Gasteiger partial charge in [0.05, 0.1) is 0 Å². The third-order valence-corrected chi connectivity index (χ3v) is 5.14. The molecule has 1 amide bonds. The van der Waals surface area contributed by atoms with E-state index in [1.807, 2.05) is 35.4 Å². The Bertz CT molecular complexity index is 891. The first-order valence-electron chi connectivity index (χ1n) is 8.84. The van der Waals surface area contributed by atoms with Crippen molar-refractivity contribution in [2.45, 2.75) is 13.5 Å². The maximum atomic E-state index is 12.9. The Morgan fingerprint density at radius 3 is 2.60 bits per heavy atom. The van der Waals surface area contributed by atoms with Crippen molar-refractivity contribution in [1.82, 2.24) is 14.8 Å². The SMILES string of the molecule is Cc1ccccc1CN1CCN(C(=O)c2cccc3[nH]ccc23)CC1. The minimum absolute atomic E-state index is 0.140. The monoisotopic (exact) mass is 333 g/mol. The molecule has 0 aliphatic carbocycles. The topological polar surface area (TPSA) is 39.3 Å². The highest BCUT2D eigenvalue weighted by molar-refractivity contribution is 6.06. The third-order valence-electron chi connectivity index (χ3n) is 5.14. The predicted molar refractivity (Wildman–Crippen MR) is 101 cm³/mol. The van der Waals surface area contributed by atoms with Crippen LogP contribution in [0.3, 0.4) is 0 Å². The molecule has 0 saturated carbocycles. The van der Waals surface area contributed by atoms with E-state index in [9.17, 15) is 4.79 Å². The first-order valence-corrected chi connectivity index (χ1v) is 8.84. The average molecular weight is 333 g/mol. The fourth-order valence-corrected chi connectivity index (χ4v) is 3.58. The third kappa shape index (κ3) is 3.17. The largest absolute Gasteiger partial charge is 0.361 e. The van der Waals surface area contributed by atoms with E-state index in [0.29, 0.717) is 0 Å². The fourth-order valence-electron chi connectivity index (χ4n) is 3.58. The lowest BCUT2D eigenvalue weighted by Gasteiger charge is -2.35. The molecular weight excluding hydrogens is 310 g/mol. The Morgan fingerprint density at radius 1 is 1.00 bits per heavy atom. The van der Waals surface area contributed by atoms with Crippen molar-refractivity contribution in [2.75, 3.05) is 26.2 Å². The van der Waals surface area contributed by atoms with Crippen molar-refractivity contribution in [3.63, 3.8) is 0 Å². The maximum Gasteiger partial charge on any atom is 0.254 e. The van der Waals surface area contributed by atoms with Gasteiger partial charge in [-0.2, -0.15) is 0 Å². The molecule has 1 aromatic heterocycles. The Labute approximate surface area is 148 Å². The summed E-state index contributed by atoms with van der Waals surface area (Å²) in [6, 6.07) is 16.4. The average Bonchev–Trinajstić information content (AvgIpc) is 3.12. The van der Waals surface area contributed by atoms with E-state index >= 15 is 0 Å². The number of hydrogen-bond acceptors (Lipinski definition) is 2. The van der Waals surface area contributed by atoms with Gasteiger partial charge in [-0.25, -0.2) is 0 Å². The first kappa shape index (κ1) is 15.9. The van der Waals surface area contributed by atoms with E-state index in [4.69, 9.17) is 0 Å². The molecule has 0 unspecified atom stereocenters. The number of aryl methyl sites for hydroxylation is 1. The Hall–Kier alpha value is -2.59. The van der Waals surface area contributed by atoms with Crippen molar-refractivity contribution >= 4 is 16.8 Å². The summed E-state index contributed by atoms with van der Waals surface area (Å²) < 4.78 is 0. The number of nitrogens with one attached hydrogen (secondary N) is 1. The molecular formula is C21H23N3O. The van der Waals surface area contributed by atoms with Gasteiger partial charge in [0.1, 0.15) is 0 Å². The summed E-state index contributed by atoms with van der Waals surface area (Å²) in [5.74, 6) is 0.140. The van der Waals surface area contributed by atoms with E-state index < -0.39 is 0 Å².